The predicted molar refractivity (Wildman–Crippen MR) is 75.3 cm³/mol. The number of carbonyl (C=O) groups is 1. The minimum absolute atomic E-state index is 0.0475. The van der Waals surface area contributed by atoms with Crippen LogP contribution in [0.3, 0.4) is 0 Å². The fourth-order valence-corrected chi connectivity index (χ4v) is 2.54. The first-order valence-corrected chi connectivity index (χ1v) is 6.91. The topological polar surface area (TPSA) is 44.1 Å². The lowest BCUT2D eigenvalue weighted by Crippen LogP contribution is -2.10. The summed E-state index contributed by atoms with van der Waals surface area (Å²) < 4.78 is 7.16. The van der Waals surface area contributed by atoms with Crippen LogP contribution >= 0.6 is 11.6 Å². The molecule has 104 valence electrons. The average molecular weight is 291 g/mol. The second kappa shape index (κ2) is 5.29. The van der Waals surface area contributed by atoms with Gasteiger partial charge in [0.15, 0.2) is 0 Å². The van der Waals surface area contributed by atoms with Crippen molar-refractivity contribution in [2.75, 3.05) is 0 Å². The van der Waals surface area contributed by atoms with E-state index in [2.05, 4.69) is 4.98 Å². The molecule has 0 spiro atoms. The molecule has 1 aromatic carbocycles. The normalized spacial score (nSPS) is 20.7. The van der Waals surface area contributed by atoms with Crippen molar-refractivity contribution >= 4 is 17.6 Å². The molecule has 20 heavy (non-hydrogen) atoms. The molecule has 0 unspecified atom stereocenters. The first-order chi connectivity index (χ1) is 9.65. The van der Waals surface area contributed by atoms with Gasteiger partial charge in [-0.15, -0.1) is 0 Å². The monoisotopic (exact) mass is 290 g/mol. The molecular formula is C15H15ClN2O2. The van der Waals surface area contributed by atoms with E-state index in [1.165, 1.54) is 0 Å². The van der Waals surface area contributed by atoms with Crippen molar-refractivity contribution in [1.82, 2.24) is 9.55 Å². The van der Waals surface area contributed by atoms with Crippen LogP contribution in [0.1, 0.15) is 23.7 Å². The number of benzene rings is 1. The van der Waals surface area contributed by atoms with Gasteiger partial charge < -0.3 is 9.30 Å². The zero-order valence-corrected chi connectivity index (χ0v) is 11.9. The first-order valence-electron chi connectivity index (χ1n) is 6.53. The molecule has 1 fully saturated rings. The zero-order chi connectivity index (χ0) is 14.1. The Morgan fingerprint density at radius 3 is 3.10 bits per heavy atom. The van der Waals surface area contributed by atoms with Crippen LogP contribution in [0.25, 0.3) is 0 Å². The number of esters is 1. The molecule has 1 aromatic heterocycles. The molecular weight excluding hydrogens is 276 g/mol. The van der Waals surface area contributed by atoms with Crippen molar-refractivity contribution in [3.8, 4) is 0 Å². The number of imidazole rings is 1. The highest BCUT2D eigenvalue weighted by molar-refractivity contribution is 6.30. The minimum Gasteiger partial charge on any atom is -0.457 e. The Morgan fingerprint density at radius 1 is 1.55 bits per heavy atom. The Hall–Kier alpha value is -1.81. The van der Waals surface area contributed by atoms with Crippen molar-refractivity contribution < 1.29 is 9.53 Å². The maximum atomic E-state index is 12.0. The summed E-state index contributed by atoms with van der Waals surface area (Å²) in [7, 11) is 1.88. The molecule has 3 rings (SSSR count). The highest BCUT2D eigenvalue weighted by atomic mass is 35.5. The predicted octanol–water partition coefficient (Wildman–Crippen LogP) is 2.92. The fourth-order valence-electron chi connectivity index (χ4n) is 2.34. The van der Waals surface area contributed by atoms with Gasteiger partial charge in [0.2, 0.25) is 0 Å². The minimum atomic E-state index is -0.155. The molecule has 0 saturated heterocycles. The van der Waals surface area contributed by atoms with Crippen molar-refractivity contribution in [3.63, 3.8) is 0 Å². The SMILES string of the molecule is Cn1ccnc1COC(=O)[C@H]1C[C@@H]1c1cccc(Cl)c1. The van der Waals surface area contributed by atoms with Gasteiger partial charge >= 0.3 is 5.97 Å². The molecule has 2 atom stereocenters. The molecule has 1 aliphatic rings. The molecule has 1 aliphatic carbocycles. The maximum absolute atomic E-state index is 12.0. The third-order valence-electron chi connectivity index (χ3n) is 3.63. The number of hydrogen-bond donors (Lipinski definition) is 0. The van der Waals surface area contributed by atoms with Gasteiger partial charge in [-0.1, -0.05) is 23.7 Å². The number of carbonyl (C=O) groups excluding carboxylic acids is 1. The number of ether oxygens (including phenoxy) is 1. The molecule has 0 amide bonds. The van der Waals surface area contributed by atoms with Crippen LogP contribution in [0.15, 0.2) is 36.7 Å². The van der Waals surface area contributed by atoms with Gasteiger partial charge in [-0.25, -0.2) is 4.98 Å². The largest absolute Gasteiger partial charge is 0.457 e. The number of hydrogen-bond acceptors (Lipinski definition) is 3. The number of aromatic nitrogens is 2. The lowest BCUT2D eigenvalue weighted by Gasteiger charge is -2.05. The number of halogens is 1. The smallest absolute Gasteiger partial charge is 0.310 e. The van der Waals surface area contributed by atoms with Gasteiger partial charge in [-0.2, -0.15) is 0 Å². The second-order valence-electron chi connectivity index (χ2n) is 5.07. The van der Waals surface area contributed by atoms with Crippen LogP contribution in [-0.2, 0) is 23.2 Å². The summed E-state index contributed by atoms with van der Waals surface area (Å²) >= 11 is 5.96. The van der Waals surface area contributed by atoms with E-state index in [9.17, 15) is 4.79 Å². The van der Waals surface area contributed by atoms with Gasteiger partial charge in [0, 0.05) is 24.5 Å². The summed E-state index contributed by atoms with van der Waals surface area (Å²) in [6.07, 6.45) is 4.35. The maximum Gasteiger partial charge on any atom is 0.310 e. The quantitative estimate of drug-likeness (QED) is 0.813. The molecule has 1 saturated carbocycles. The molecule has 0 N–H and O–H groups in total. The van der Waals surface area contributed by atoms with E-state index < -0.39 is 0 Å². The van der Waals surface area contributed by atoms with Gasteiger partial charge in [0.1, 0.15) is 12.4 Å². The Bertz CT molecular complexity index is 638. The number of nitrogens with zero attached hydrogens (tertiary/aromatic N) is 2. The molecule has 0 radical (unpaired) electrons. The first kappa shape index (κ1) is 13.2. The summed E-state index contributed by atoms with van der Waals surface area (Å²) in [5.41, 5.74) is 1.11. The van der Waals surface area contributed by atoms with Crippen LogP contribution in [0.5, 0.6) is 0 Å². The van der Waals surface area contributed by atoms with Crippen molar-refractivity contribution in [3.05, 3.63) is 53.1 Å². The van der Waals surface area contributed by atoms with Gasteiger partial charge in [0.05, 0.1) is 5.92 Å². The van der Waals surface area contributed by atoms with E-state index in [4.69, 9.17) is 16.3 Å². The number of rotatable bonds is 4. The standard InChI is InChI=1S/C15H15ClN2O2/c1-18-6-5-17-14(18)9-20-15(19)13-8-12(13)10-3-2-4-11(16)7-10/h2-7,12-13H,8-9H2,1H3/t12-,13+/m1/s1. The van der Waals surface area contributed by atoms with E-state index in [-0.39, 0.29) is 24.4 Å². The Labute approximate surface area is 122 Å². The Kier molecular flexibility index (Phi) is 3.49. The molecule has 4 nitrogen and oxygen atoms in total. The van der Waals surface area contributed by atoms with Crippen molar-refractivity contribution in [2.24, 2.45) is 13.0 Å². The fraction of sp³-hybridized carbons (Fsp3) is 0.333. The van der Waals surface area contributed by atoms with E-state index in [1.807, 2.05) is 42.1 Å². The lowest BCUT2D eigenvalue weighted by atomic mass is 10.1. The van der Waals surface area contributed by atoms with Crippen LogP contribution in [0.4, 0.5) is 0 Å². The van der Waals surface area contributed by atoms with E-state index >= 15 is 0 Å². The van der Waals surface area contributed by atoms with Crippen LogP contribution in [-0.4, -0.2) is 15.5 Å². The number of aryl methyl sites for hydroxylation is 1. The van der Waals surface area contributed by atoms with E-state index in [1.54, 1.807) is 6.20 Å². The molecule has 5 heteroatoms. The highest BCUT2D eigenvalue weighted by Crippen LogP contribution is 2.48. The third-order valence-corrected chi connectivity index (χ3v) is 3.87. The summed E-state index contributed by atoms with van der Waals surface area (Å²) in [4.78, 5) is 16.1. The van der Waals surface area contributed by atoms with E-state index in [0.29, 0.717) is 5.02 Å². The Balaban J connectivity index is 1.56. The average Bonchev–Trinajstić information content (AvgIpc) is 3.13. The summed E-state index contributed by atoms with van der Waals surface area (Å²) in [6, 6.07) is 7.66. The van der Waals surface area contributed by atoms with Gasteiger partial charge in [0.25, 0.3) is 0 Å². The molecule has 0 aliphatic heterocycles. The Morgan fingerprint density at radius 2 is 2.40 bits per heavy atom. The lowest BCUT2D eigenvalue weighted by molar-refractivity contribution is -0.146. The van der Waals surface area contributed by atoms with Crippen LogP contribution in [0.2, 0.25) is 5.02 Å². The molecule has 1 heterocycles. The van der Waals surface area contributed by atoms with E-state index in [0.717, 1.165) is 17.8 Å². The molecule has 2 aromatic rings. The summed E-state index contributed by atoms with van der Waals surface area (Å²) in [5.74, 6) is 0.785. The van der Waals surface area contributed by atoms with Gasteiger partial charge in [-0.3, -0.25) is 4.79 Å². The highest BCUT2D eigenvalue weighted by Gasteiger charge is 2.45. The van der Waals surface area contributed by atoms with Gasteiger partial charge in [-0.05, 0) is 30.0 Å². The molecule has 0 bridgehead atoms. The van der Waals surface area contributed by atoms with Crippen molar-refractivity contribution in [2.45, 2.75) is 18.9 Å². The van der Waals surface area contributed by atoms with Crippen molar-refractivity contribution in [1.29, 1.82) is 0 Å². The third kappa shape index (κ3) is 2.70. The summed E-state index contributed by atoms with van der Waals surface area (Å²) in [6.45, 7) is 0.223. The van der Waals surface area contributed by atoms with Crippen LogP contribution in [0, 0.1) is 5.92 Å². The van der Waals surface area contributed by atoms with Crippen LogP contribution < -0.4 is 0 Å². The second-order valence-corrected chi connectivity index (χ2v) is 5.50. The summed E-state index contributed by atoms with van der Waals surface area (Å²) in [5, 5.41) is 0.703. The zero-order valence-electron chi connectivity index (χ0n) is 11.1.